The van der Waals surface area contributed by atoms with Crippen molar-refractivity contribution in [2.24, 2.45) is 4.36 Å². The normalized spacial score (nSPS) is 13.2. The van der Waals surface area contributed by atoms with Gasteiger partial charge in [-0.1, -0.05) is 18.2 Å². The topological polar surface area (TPSA) is 85.4 Å². The highest BCUT2D eigenvalue weighted by Gasteiger charge is 2.12. The van der Waals surface area contributed by atoms with E-state index in [1.807, 2.05) is 6.07 Å². The van der Waals surface area contributed by atoms with Crippen LogP contribution in [0.15, 0.2) is 68.3 Å². The molecule has 7 heteroatoms. The van der Waals surface area contributed by atoms with E-state index >= 15 is 0 Å². The van der Waals surface area contributed by atoms with Crippen molar-refractivity contribution < 1.29 is 13.4 Å². The van der Waals surface area contributed by atoms with Crippen LogP contribution in [-0.2, 0) is 9.73 Å². The summed E-state index contributed by atoms with van der Waals surface area (Å²) in [7, 11) is -2.78. The largest absolute Gasteiger partial charge is 0.421 e. The van der Waals surface area contributed by atoms with Crippen LogP contribution in [0.25, 0.3) is 11.5 Å². The highest BCUT2D eigenvalue weighted by Crippen LogP contribution is 2.19. The molecule has 1 unspecified atom stereocenters. The van der Waals surface area contributed by atoms with Crippen LogP contribution in [0.3, 0.4) is 0 Å². The van der Waals surface area contributed by atoms with Crippen molar-refractivity contribution in [3.05, 3.63) is 66.1 Å². The number of nitrogens with zero attached hydrogens (tertiary/aromatic N) is 3. The second-order valence-electron chi connectivity index (χ2n) is 5.22. The molecule has 0 bridgehead atoms. The zero-order valence-corrected chi connectivity index (χ0v) is 14.0. The summed E-state index contributed by atoms with van der Waals surface area (Å²) in [6.45, 7) is 1.70. The summed E-state index contributed by atoms with van der Waals surface area (Å²) in [6.07, 6.45) is 1.45. The van der Waals surface area contributed by atoms with E-state index in [-0.39, 0.29) is 0 Å². The predicted molar refractivity (Wildman–Crippen MR) is 90.0 cm³/mol. The van der Waals surface area contributed by atoms with Gasteiger partial charge in [-0.3, -0.25) is 4.79 Å². The SMILES string of the molecule is Cc1nnc(-c2ccc(C(=O)N=S(C)(=O)c3ccccc3)cc2)o1. The lowest BCUT2D eigenvalue weighted by atomic mass is 10.1. The van der Waals surface area contributed by atoms with E-state index in [2.05, 4.69) is 14.6 Å². The molecule has 1 heterocycles. The second kappa shape index (κ2) is 6.37. The molecule has 3 rings (SSSR count). The van der Waals surface area contributed by atoms with Crippen molar-refractivity contribution in [3.8, 4) is 11.5 Å². The Kier molecular flexibility index (Phi) is 4.26. The Morgan fingerprint density at radius 2 is 1.71 bits per heavy atom. The highest BCUT2D eigenvalue weighted by atomic mass is 32.2. The first-order valence-electron chi connectivity index (χ1n) is 7.18. The van der Waals surface area contributed by atoms with E-state index in [4.69, 9.17) is 4.42 Å². The average Bonchev–Trinajstić information content (AvgIpc) is 3.02. The van der Waals surface area contributed by atoms with Gasteiger partial charge in [0.1, 0.15) is 0 Å². The van der Waals surface area contributed by atoms with Crippen molar-refractivity contribution in [3.63, 3.8) is 0 Å². The first-order chi connectivity index (χ1) is 11.5. The van der Waals surface area contributed by atoms with Gasteiger partial charge in [0, 0.05) is 29.2 Å². The van der Waals surface area contributed by atoms with E-state index in [9.17, 15) is 9.00 Å². The summed E-state index contributed by atoms with van der Waals surface area (Å²) >= 11 is 0. The molecule has 0 aliphatic carbocycles. The Morgan fingerprint density at radius 1 is 1.04 bits per heavy atom. The van der Waals surface area contributed by atoms with E-state index in [0.717, 1.165) is 0 Å². The fourth-order valence-electron chi connectivity index (χ4n) is 2.11. The lowest BCUT2D eigenvalue weighted by Crippen LogP contribution is -2.03. The zero-order valence-electron chi connectivity index (χ0n) is 13.2. The van der Waals surface area contributed by atoms with Crippen molar-refractivity contribution >= 4 is 15.6 Å². The van der Waals surface area contributed by atoms with Gasteiger partial charge < -0.3 is 4.42 Å². The number of aryl methyl sites for hydroxylation is 1. The predicted octanol–water partition coefficient (Wildman–Crippen LogP) is 3.34. The van der Waals surface area contributed by atoms with Crippen LogP contribution in [0.1, 0.15) is 16.2 Å². The van der Waals surface area contributed by atoms with Crippen LogP contribution in [0.2, 0.25) is 0 Å². The zero-order chi connectivity index (χ0) is 17.2. The third-order valence-electron chi connectivity index (χ3n) is 3.34. The third-order valence-corrected chi connectivity index (χ3v) is 5.00. The van der Waals surface area contributed by atoms with Crippen LogP contribution in [0.4, 0.5) is 0 Å². The van der Waals surface area contributed by atoms with Crippen LogP contribution >= 0.6 is 0 Å². The summed E-state index contributed by atoms with van der Waals surface area (Å²) in [5.41, 5.74) is 1.05. The summed E-state index contributed by atoms with van der Waals surface area (Å²) in [5, 5.41) is 7.68. The van der Waals surface area contributed by atoms with Gasteiger partial charge in [-0.15, -0.1) is 10.2 Å². The molecule has 1 aromatic heterocycles. The number of hydrogen-bond donors (Lipinski definition) is 0. The number of rotatable bonds is 3. The van der Waals surface area contributed by atoms with Crippen molar-refractivity contribution in [1.29, 1.82) is 0 Å². The van der Waals surface area contributed by atoms with Gasteiger partial charge in [0.15, 0.2) is 0 Å². The first kappa shape index (κ1) is 16.1. The molecule has 6 nitrogen and oxygen atoms in total. The number of amides is 1. The maximum Gasteiger partial charge on any atom is 0.285 e. The molecule has 0 saturated heterocycles. The van der Waals surface area contributed by atoms with E-state index < -0.39 is 15.6 Å². The average molecular weight is 341 g/mol. The minimum absolute atomic E-state index is 0.348. The molecule has 0 aliphatic heterocycles. The molecule has 0 aliphatic rings. The molecule has 0 radical (unpaired) electrons. The van der Waals surface area contributed by atoms with Crippen molar-refractivity contribution in [2.45, 2.75) is 11.8 Å². The Labute approximate surface area is 139 Å². The fraction of sp³-hybridized carbons (Fsp3) is 0.118. The van der Waals surface area contributed by atoms with E-state index in [1.54, 1.807) is 55.5 Å². The maximum absolute atomic E-state index is 12.6. The second-order valence-corrected chi connectivity index (χ2v) is 7.47. The van der Waals surface area contributed by atoms with Gasteiger partial charge in [0.05, 0.1) is 9.73 Å². The number of hydrogen-bond acceptors (Lipinski definition) is 5. The van der Waals surface area contributed by atoms with Gasteiger partial charge in [0.2, 0.25) is 11.8 Å². The van der Waals surface area contributed by atoms with Crippen LogP contribution in [-0.4, -0.2) is 26.6 Å². The van der Waals surface area contributed by atoms with Gasteiger partial charge in [-0.2, -0.15) is 4.36 Å². The van der Waals surface area contributed by atoms with Gasteiger partial charge in [-0.05, 0) is 36.4 Å². The lowest BCUT2D eigenvalue weighted by molar-refractivity contribution is 0.100. The van der Waals surface area contributed by atoms with Gasteiger partial charge >= 0.3 is 0 Å². The number of aromatic nitrogens is 2. The van der Waals surface area contributed by atoms with Crippen LogP contribution < -0.4 is 0 Å². The van der Waals surface area contributed by atoms with E-state index in [0.29, 0.717) is 27.8 Å². The molecule has 24 heavy (non-hydrogen) atoms. The Morgan fingerprint density at radius 3 is 2.29 bits per heavy atom. The lowest BCUT2D eigenvalue weighted by Gasteiger charge is -2.04. The summed E-state index contributed by atoms with van der Waals surface area (Å²) in [4.78, 5) is 12.8. The number of benzene rings is 2. The minimum atomic E-state index is -2.78. The third kappa shape index (κ3) is 3.41. The van der Waals surface area contributed by atoms with Gasteiger partial charge in [0.25, 0.3) is 5.91 Å². The van der Waals surface area contributed by atoms with Crippen LogP contribution in [0.5, 0.6) is 0 Å². The van der Waals surface area contributed by atoms with Crippen molar-refractivity contribution in [1.82, 2.24) is 10.2 Å². The van der Waals surface area contributed by atoms with Gasteiger partial charge in [-0.25, -0.2) is 4.21 Å². The molecule has 1 amide bonds. The molecule has 1 atom stereocenters. The summed E-state index contributed by atoms with van der Waals surface area (Å²) < 4.78 is 21.9. The Balaban J connectivity index is 1.88. The monoisotopic (exact) mass is 341 g/mol. The summed E-state index contributed by atoms with van der Waals surface area (Å²) in [6, 6.07) is 15.3. The number of carbonyl (C=O) groups is 1. The van der Waals surface area contributed by atoms with Crippen molar-refractivity contribution in [2.75, 3.05) is 6.26 Å². The Bertz CT molecular complexity index is 985. The summed E-state index contributed by atoms with van der Waals surface area (Å²) in [5.74, 6) is 0.320. The quantitative estimate of drug-likeness (QED) is 0.729. The molecule has 0 fully saturated rings. The first-order valence-corrected chi connectivity index (χ1v) is 9.10. The standard InChI is InChI=1S/C17H15N3O3S/c1-12-18-19-17(23-12)14-10-8-13(9-11-14)16(21)20-24(2,22)15-6-4-3-5-7-15/h3-11H,1-2H3. The fourth-order valence-corrected chi connectivity index (χ4v) is 3.29. The number of carbonyl (C=O) groups excluding carboxylic acids is 1. The van der Waals surface area contributed by atoms with Crippen LogP contribution in [0, 0.1) is 6.92 Å². The molecule has 2 aromatic carbocycles. The molecular weight excluding hydrogens is 326 g/mol. The molecule has 3 aromatic rings. The highest BCUT2D eigenvalue weighted by molar-refractivity contribution is 7.93. The Hall–Kier alpha value is -2.80. The van der Waals surface area contributed by atoms with E-state index in [1.165, 1.54) is 6.26 Å². The minimum Gasteiger partial charge on any atom is -0.421 e. The maximum atomic E-state index is 12.6. The molecular formula is C17H15N3O3S. The smallest absolute Gasteiger partial charge is 0.285 e. The molecule has 0 N–H and O–H groups in total. The molecule has 0 saturated carbocycles. The molecule has 0 spiro atoms. The molecule has 122 valence electrons.